The highest BCUT2D eigenvalue weighted by atomic mass is 35.5. The summed E-state index contributed by atoms with van der Waals surface area (Å²) in [7, 11) is -3.74. The van der Waals surface area contributed by atoms with Crippen molar-refractivity contribution in [2.75, 3.05) is 0 Å². The quantitative estimate of drug-likeness (QED) is 0.807. The van der Waals surface area contributed by atoms with Crippen LogP contribution in [0.3, 0.4) is 0 Å². The van der Waals surface area contributed by atoms with Crippen LogP contribution in [0.1, 0.15) is 41.7 Å². The molecule has 1 saturated carbocycles. The molecule has 1 atom stereocenters. The molecule has 1 heterocycles. The second kappa shape index (κ2) is 7.11. The standard InChI is InChI=1S/C17H18ClN3O3S/c1-11(13-3-2-8-19-10-13)20-17(22)12-4-7-15(18)16(9-12)25(23,24)21-14-5-6-14/h2-4,7-11,14,21H,5-6H2,1H3,(H,20,22). The van der Waals surface area contributed by atoms with Crippen molar-refractivity contribution in [1.29, 1.82) is 0 Å². The molecule has 25 heavy (non-hydrogen) atoms. The minimum absolute atomic E-state index is 0.0378. The van der Waals surface area contributed by atoms with Crippen molar-refractivity contribution in [3.8, 4) is 0 Å². The lowest BCUT2D eigenvalue weighted by atomic mass is 10.1. The van der Waals surface area contributed by atoms with Gasteiger partial charge in [0.15, 0.2) is 0 Å². The molecule has 2 aromatic rings. The zero-order valence-corrected chi connectivity index (χ0v) is 15.1. The fourth-order valence-corrected chi connectivity index (χ4v) is 4.16. The lowest BCUT2D eigenvalue weighted by molar-refractivity contribution is 0.0939. The third-order valence-electron chi connectivity index (χ3n) is 3.91. The summed E-state index contributed by atoms with van der Waals surface area (Å²) >= 11 is 6.03. The van der Waals surface area contributed by atoms with Gasteiger partial charge in [-0.1, -0.05) is 17.7 Å². The number of sulfonamides is 1. The molecule has 132 valence electrons. The topological polar surface area (TPSA) is 88.2 Å². The maximum absolute atomic E-state index is 12.5. The molecule has 0 radical (unpaired) electrons. The number of hydrogen-bond acceptors (Lipinski definition) is 4. The third-order valence-corrected chi connectivity index (χ3v) is 5.92. The zero-order chi connectivity index (χ0) is 18.0. The Bertz CT molecular complexity index is 883. The lowest BCUT2D eigenvalue weighted by Crippen LogP contribution is -2.28. The molecule has 0 spiro atoms. The Morgan fingerprint density at radius 3 is 2.72 bits per heavy atom. The van der Waals surface area contributed by atoms with E-state index in [0.29, 0.717) is 0 Å². The summed E-state index contributed by atoms with van der Waals surface area (Å²) in [4.78, 5) is 16.4. The summed E-state index contributed by atoms with van der Waals surface area (Å²) in [5.41, 5.74) is 1.09. The molecule has 0 aliphatic heterocycles. The fourth-order valence-electron chi connectivity index (χ4n) is 2.33. The molecule has 0 bridgehead atoms. The molecular formula is C17H18ClN3O3S. The molecule has 8 heteroatoms. The number of carbonyl (C=O) groups is 1. The Labute approximate surface area is 151 Å². The second-order valence-corrected chi connectivity index (χ2v) is 8.11. The molecular weight excluding hydrogens is 362 g/mol. The Balaban J connectivity index is 1.80. The zero-order valence-electron chi connectivity index (χ0n) is 13.6. The number of benzene rings is 1. The van der Waals surface area contributed by atoms with E-state index >= 15 is 0 Å². The van der Waals surface area contributed by atoms with E-state index in [9.17, 15) is 13.2 Å². The predicted molar refractivity (Wildman–Crippen MR) is 94.9 cm³/mol. The third kappa shape index (κ3) is 4.36. The number of nitrogens with one attached hydrogen (secondary N) is 2. The number of carbonyl (C=O) groups excluding carboxylic acids is 1. The van der Waals surface area contributed by atoms with E-state index in [0.717, 1.165) is 18.4 Å². The Morgan fingerprint density at radius 2 is 2.08 bits per heavy atom. The summed E-state index contributed by atoms with van der Waals surface area (Å²) < 4.78 is 27.3. The van der Waals surface area contributed by atoms with Gasteiger partial charge in [0, 0.05) is 24.0 Å². The average molecular weight is 380 g/mol. The van der Waals surface area contributed by atoms with Gasteiger partial charge in [-0.3, -0.25) is 9.78 Å². The van der Waals surface area contributed by atoms with Gasteiger partial charge in [-0.25, -0.2) is 13.1 Å². The van der Waals surface area contributed by atoms with Gasteiger partial charge in [-0.2, -0.15) is 0 Å². The van der Waals surface area contributed by atoms with Gasteiger partial charge in [0.1, 0.15) is 4.90 Å². The maximum atomic E-state index is 12.5. The minimum Gasteiger partial charge on any atom is -0.345 e. The van der Waals surface area contributed by atoms with Crippen molar-refractivity contribution in [3.05, 3.63) is 58.9 Å². The largest absolute Gasteiger partial charge is 0.345 e. The van der Waals surface area contributed by atoms with Gasteiger partial charge in [-0.15, -0.1) is 0 Å². The Morgan fingerprint density at radius 1 is 1.32 bits per heavy atom. The predicted octanol–water partition coefficient (Wildman–Crippen LogP) is 2.67. The highest BCUT2D eigenvalue weighted by Crippen LogP contribution is 2.27. The van der Waals surface area contributed by atoms with E-state index < -0.39 is 10.0 Å². The summed E-state index contributed by atoms with van der Waals surface area (Å²) in [5.74, 6) is -0.379. The van der Waals surface area contributed by atoms with Gasteiger partial charge in [-0.05, 0) is 49.6 Å². The van der Waals surface area contributed by atoms with Crippen LogP contribution in [0.4, 0.5) is 0 Å². The number of amides is 1. The molecule has 1 aromatic carbocycles. The molecule has 2 N–H and O–H groups in total. The number of nitrogens with zero attached hydrogens (tertiary/aromatic N) is 1. The smallest absolute Gasteiger partial charge is 0.251 e. The van der Waals surface area contributed by atoms with Crippen molar-refractivity contribution < 1.29 is 13.2 Å². The molecule has 1 amide bonds. The van der Waals surface area contributed by atoms with Crippen molar-refractivity contribution in [2.24, 2.45) is 0 Å². The number of hydrogen-bond donors (Lipinski definition) is 2. The van der Waals surface area contributed by atoms with Crippen LogP contribution in [-0.4, -0.2) is 25.4 Å². The van der Waals surface area contributed by atoms with Gasteiger partial charge in [0.25, 0.3) is 5.91 Å². The van der Waals surface area contributed by atoms with Gasteiger partial charge < -0.3 is 5.32 Å². The van der Waals surface area contributed by atoms with Crippen LogP contribution in [-0.2, 0) is 10.0 Å². The number of halogens is 1. The lowest BCUT2D eigenvalue weighted by Gasteiger charge is -2.15. The molecule has 1 fully saturated rings. The highest BCUT2D eigenvalue weighted by Gasteiger charge is 2.29. The van der Waals surface area contributed by atoms with E-state index in [2.05, 4.69) is 15.0 Å². The van der Waals surface area contributed by atoms with E-state index in [1.165, 1.54) is 18.2 Å². The molecule has 1 aliphatic rings. The number of aromatic nitrogens is 1. The first-order chi connectivity index (χ1) is 11.9. The van der Waals surface area contributed by atoms with Crippen LogP contribution in [0, 0.1) is 0 Å². The highest BCUT2D eigenvalue weighted by molar-refractivity contribution is 7.89. The van der Waals surface area contributed by atoms with Crippen LogP contribution in [0.5, 0.6) is 0 Å². The van der Waals surface area contributed by atoms with Crippen molar-refractivity contribution in [2.45, 2.75) is 36.7 Å². The van der Waals surface area contributed by atoms with Crippen molar-refractivity contribution >= 4 is 27.5 Å². The SMILES string of the molecule is CC(NC(=O)c1ccc(Cl)c(S(=O)(=O)NC2CC2)c1)c1cccnc1. The molecule has 6 nitrogen and oxygen atoms in total. The second-order valence-electron chi connectivity index (χ2n) is 6.02. The molecule has 1 aliphatic carbocycles. The van der Waals surface area contributed by atoms with Crippen LogP contribution < -0.4 is 10.0 Å². The summed E-state index contributed by atoms with van der Waals surface area (Å²) in [6, 6.07) is 7.57. The molecule has 1 unspecified atom stereocenters. The van der Waals surface area contributed by atoms with Gasteiger partial charge in [0.2, 0.25) is 10.0 Å². The normalized spacial score (nSPS) is 15.6. The monoisotopic (exact) mass is 379 g/mol. The maximum Gasteiger partial charge on any atom is 0.251 e. The van der Waals surface area contributed by atoms with Crippen molar-refractivity contribution in [3.63, 3.8) is 0 Å². The van der Waals surface area contributed by atoms with E-state index in [1.54, 1.807) is 18.5 Å². The summed E-state index contributed by atoms with van der Waals surface area (Å²) in [5, 5.41) is 2.91. The van der Waals surface area contributed by atoms with Crippen LogP contribution >= 0.6 is 11.6 Å². The summed E-state index contributed by atoms with van der Waals surface area (Å²) in [6.45, 7) is 1.83. The van der Waals surface area contributed by atoms with Crippen molar-refractivity contribution in [1.82, 2.24) is 15.0 Å². The minimum atomic E-state index is -3.74. The fraction of sp³-hybridized carbons (Fsp3) is 0.294. The van der Waals surface area contributed by atoms with Crippen LogP contribution in [0.25, 0.3) is 0 Å². The molecule has 0 saturated heterocycles. The molecule has 1 aromatic heterocycles. The number of rotatable bonds is 6. The number of pyridine rings is 1. The van der Waals surface area contributed by atoms with E-state index in [4.69, 9.17) is 11.6 Å². The van der Waals surface area contributed by atoms with Crippen LogP contribution in [0.15, 0.2) is 47.6 Å². The first-order valence-corrected chi connectivity index (χ1v) is 9.75. The van der Waals surface area contributed by atoms with Crippen LogP contribution in [0.2, 0.25) is 5.02 Å². The first kappa shape index (κ1) is 17.8. The van der Waals surface area contributed by atoms with Gasteiger partial charge in [0.05, 0.1) is 11.1 Å². The average Bonchev–Trinajstić information content (AvgIpc) is 3.39. The summed E-state index contributed by atoms with van der Waals surface area (Å²) in [6.07, 6.45) is 4.96. The van der Waals surface area contributed by atoms with E-state index in [1.807, 2.05) is 13.0 Å². The van der Waals surface area contributed by atoms with E-state index in [-0.39, 0.29) is 33.5 Å². The first-order valence-electron chi connectivity index (χ1n) is 7.89. The molecule has 3 rings (SSSR count). The Kier molecular flexibility index (Phi) is 5.08. The van der Waals surface area contributed by atoms with Gasteiger partial charge >= 0.3 is 0 Å². The Hall–Kier alpha value is -1.96.